The molecule has 0 radical (unpaired) electrons. The molecular formula is C22H24N2O5. The summed E-state index contributed by atoms with van der Waals surface area (Å²) in [5.74, 6) is -0.0656. The van der Waals surface area contributed by atoms with Crippen molar-refractivity contribution >= 4 is 23.3 Å². The quantitative estimate of drug-likeness (QED) is 0.758. The van der Waals surface area contributed by atoms with E-state index in [4.69, 9.17) is 9.15 Å². The van der Waals surface area contributed by atoms with E-state index in [1.807, 2.05) is 6.92 Å². The van der Waals surface area contributed by atoms with E-state index in [1.54, 1.807) is 30.3 Å². The van der Waals surface area contributed by atoms with Crippen molar-refractivity contribution in [3.8, 4) is 5.75 Å². The van der Waals surface area contributed by atoms with E-state index < -0.39 is 6.10 Å². The molecule has 2 aromatic rings. The molecule has 0 bridgehead atoms. The summed E-state index contributed by atoms with van der Waals surface area (Å²) in [5, 5.41) is 3.01. The van der Waals surface area contributed by atoms with Gasteiger partial charge >= 0.3 is 0 Å². The van der Waals surface area contributed by atoms with Gasteiger partial charge in [0, 0.05) is 11.6 Å². The van der Waals surface area contributed by atoms with Crippen LogP contribution in [0.5, 0.6) is 5.75 Å². The largest absolute Gasteiger partial charge is 0.478 e. The highest BCUT2D eigenvalue weighted by Crippen LogP contribution is 2.36. The molecule has 1 N–H and O–H groups in total. The average molecular weight is 396 g/mol. The summed E-state index contributed by atoms with van der Waals surface area (Å²) in [6.45, 7) is 1.76. The second-order valence-corrected chi connectivity index (χ2v) is 7.48. The number of nitrogens with zero attached hydrogens (tertiary/aromatic N) is 1. The lowest BCUT2D eigenvalue weighted by Gasteiger charge is -2.34. The van der Waals surface area contributed by atoms with Crippen LogP contribution in [0.1, 0.15) is 55.1 Å². The lowest BCUT2D eigenvalue weighted by molar-refractivity contribution is -0.129. The number of carbonyl (C=O) groups is 3. The highest BCUT2D eigenvalue weighted by molar-refractivity contribution is 6.10. The van der Waals surface area contributed by atoms with Gasteiger partial charge in [0.15, 0.2) is 11.9 Å². The van der Waals surface area contributed by atoms with E-state index in [-0.39, 0.29) is 35.9 Å². The zero-order chi connectivity index (χ0) is 20.4. The van der Waals surface area contributed by atoms with Gasteiger partial charge in [-0.25, -0.2) is 0 Å². The minimum Gasteiger partial charge on any atom is -0.478 e. The first kappa shape index (κ1) is 19.2. The number of furan rings is 1. The molecule has 7 heteroatoms. The third kappa shape index (κ3) is 3.90. The molecule has 1 aliphatic carbocycles. The number of fused-ring (bicyclic) bond motifs is 1. The molecular weight excluding hydrogens is 372 g/mol. The van der Waals surface area contributed by atoms with Gasteiger partial charge in [0.25, 0.3) is 5.91 Å². The first-order chi connectivity index (χ1) is 14.1. The highest BCUT2D eigenvalue weighted by atomic mass is 16.5. The fourth-order valence-corrected chi connectivity index (χ4v) is 3.92. The number of amides is 2. The van der Waals surface area contributed by atoms with Crippen LogP contribution in [0.25, 0.3) is 0 Å². The first-order valence-electron chi connectivity index (χ1n) is 10.1. The van der Waals surface area contributed by atoms with Crippen LogP contribution in [0.15, 0.2) is 41.0 Å². The fraction of sp³-hybridized carbons (Fsp3) is 0.409. The second kappa shape index (κ2) is 8.11. The average Bonchev–Trinajstić information content (AvgIpc) is 3.43. The lowest BCUT2D eigenvalue weighted by Crippen LogP contribution is -2.50. The Bertz CT molecular complexity index is 915. The molecule has 1 aromatic carbocycles. The van der Waals surface area contributed by atoms with Gasteiger partial charge in [0.1, 0.15) is 12.3 Å². The zero-order valence-corrected chi connectivity index (χ0v) is 16.3. The molecule has 0 unspecified atom stereocenters. The zero-order valence-electron chi connectivity index (χ0n) is 16.3. The van der Waals surface area contributed by atoms with Gasteiger partial charge in [0.05, 0.1) is 12.0 Å². The van der Waals surface area contributed by atoms with Crippen molar-refractivity contribution in [2.75, 3.05) is 11.4 Å². The van der Waals surface area contributed by atoms with Gasteiger partial charge in [-0.1, -0.05) is 19.8 Å². The highest BCUT2D eigenvalue weighted by Gasteiger charge is 2.35. The van der Waals surface area contributed by atoms with Crippen LogP contribution in [0.4, 0.5) is 5.69 Å². The minimum absolute atomic E-state index is 0.0966. The third-order valence-corrected chi connectivity index (χ3v) is 5.46. The Labute approximate surface area is 169 Å². The van der Waals surface area contributed by atoms with E-state index in [2.05, 4.69) is 5.32 Å². The van der Waals surface area contributed by atoms with Crippen molar-refractivity contribution in [2.24, 2.45) is 0 Å². The van der Waals surface area contributed by atoms with Crippen molar-refractivity contribution in [2.45, 2.75) is 51.2 Å². The Balaban J connectivity index is 1.61. The van der Waals surface area contributed by atoms with Crippen molar-refractivity contribution < 1.29 is 23.5 Å². The van der Waals surface area contributed by atoms with Gasteiger partial charge in [0.2, 0.25) is 11.7 Å². The van der Waals surface area contributed by atoms with Gasteiger partial charge in [-0.3, -0.25) is 19.3 Å². The second-order valence-electron chi connectivity index (χ2n) is 7.48. The molecule has 0 saturated heterocycles. The Morgan fingerprint density at radius 1 is 1.21 bits per heavy atom. The fourth-order valence-electron chi connectivity index (χ4n) is 3.92. The monoisotopic (exact) mass is 396 g/mol. The number of hydrogen-bond acceptors (Lipinski definition) is 5. The molecule has 7 nitrogen and oxygen atoms in total. The number of hydrogen-bond donors (Lipinski definition) is 1. The van der Waals surface area contributed by atoms with Crippen molar-refractivity contribution in [3.63, 3.8) is 0 Å². The minimum atomic E-state index is -0.645. The van der Waals surface area contributed by atoms with E-state index in [0.29, 0.717) is 23.4 Å². The summed E-state index contributed by atoms with van der Waals surface area (Å²) < 4.78 is 11.0. The maximum atomic E-state index is 12.9. The van der Waals surface area contributed by atoms with Gasteiger partial charge < -0.3 is 14.5 Å². The van der Waals surface area contributed by atoms with E-state index in [1.165, 1.54) is 11.2 Å². The summed E-state index contributed by atoms with van der Waals surface area (Å²) in [6, 6.07) is 8.30. The lowest BCUT2D eigenvalue weighted by atomic mass is 10.0. The molecule has 0 spiro atoms. The molecule has 1 fully saturated rings. The maximum Gasteiger partial charge on any atom is 0.268 e. The number of rotatable bonds is 6. The van der Waals surface area contributed by atoms with Gasteiger partial charge in [-0.05, 0) is 49.6 Å². The Kier molecular flexibility index (Phi) is 5.38. The Morgan fingerprint density at radius 3 is 2.69 bits per heavy atom. The van der Waals surface area contributed by atoms with Crippen LogP contribution in [-0.4, -0.2) is 36.3 Å². The summed E-state index contributed by atoms with van der Waals surface area (Å²) in [4.78, 5) is 39.6. The maximum absolute atomic E-state index is 12.9. The summed E-state index contributed by atoms with van der Waals surface area (Å²) >= 11 is 0. The van der Waals surface area contributed by atoms with E-state index in [9.17, 15) is 14.4 Å². The molecule has 29 heavy (non-hydrogen) atoms. The third-order valence-electron chi connectivity index (χ3n) is 5.46. The Hall–Kier alpha value is -3.09. The standard InChI is InChI=1S/C22H24N2O5/c1-2-17-22(27)24(13-20(25)23-15-6-3-4-7-15)16-12-14(9-10-18(16)29-17)21(26)19-8-5-11-28-19/h5,8-12,15,17H,2-4,6-7,13H2,1H3,(H,23,25)/t17-/m1/s1. The molecule has 2 amide bonds. The number of ketones is 1. The van der Waals surface area contributed by atoms with Crippen LogP contribution in [0.3, 0.4) is 0 Å². The van der Waals surface area contributed by atoms with E-state index in [0.717, 1.165) is 25.7 Å². The molecule has 2 aliphatic rings. The first-order valence-corrected chi connectivity index (χ1v) is 10.1. The summed E-state index contributed by atoms with van der Waals surface area (Å²) in [6.07, 6.45) is 5.45. The van der Waals surface area contributed by atoms with Gasteiger partial charge in [-0.2, -0.15) is 0 Å². The van der Waals surface area contributed by atoms with Crippen LogP contribution < -0.4 is 15.0 Å². The summed E-state index contributed by atoms with van der Waals surface area (Å²) in [5.41, 5.74) is 0.796. The molecule has 1 aromatic heterocycles. The molecule has 1 atom stereocenters. The summed E-state index contributed by atoms with van der Waals surface area (Å²) in [7, 11) is 0. The van der Waals surface area contributed by atoms with Gasteiger partial charge in [-0.15, -0.1) is 0 Å². The van der Waals surface area contributed by atoms with Crippen molar-refractivity contribution in [3.05, 3.63) is 47.9 Å². The molecule has 1 aliphatic heterocycles. The molecule has 4 rings (SSSR count). The normalized spacial score (nSPS) is 19.0. The Morgan fingerprint density at radius 2 is 2.00 bits per heavy atom. The van der Waals surface area contributed by atoms with Crippen molar-refractivity contribution in [1.82, 2.24) is 5.32 Å². The van der Waals surface area contributed by atoms with Crippen LogP contribution in [0, 0.1) is 0 Å². The topological polar surface area (TPSA) is 88.8 Å². The van der Waals surface area contributed by atoms with Crippen LogP contribution in [0.2, 0.25) is 0 Å². The number of ether oxygens (including phenoxy) is 1. The smallest absolute Gasteiger partial charge is 0.268 e. The number of benzene rings is 1. The number of nitrogens with one attached hydrogen (secondary N) is 1. The van der Waals surface area contributed by atoms with E-state index >= 15 is 0 Å². The number of carbonyl (C=O) groups excluding carboxylic acids is 3. The SMILES string of the molecule is CC[C@H]1Oc2ccc(C(=O)c3ccco3)cc2N(CC(=O)NC2CCCC2)C1=O. The molecule has 152 valence electrons. The van der Waals surface area contributed by atoms with Crippen molar-refractivity contribution in [1.29, 1.82) is 0 Å². The van der Waals surface area contributed by atoms with Crippen LogP contribution >= 0.6 is 0 Å². The van der Waals surface area contributed by atoms with Crippen LogP contribution in [-0.2, 0) is 9.59 Å². The predicted octanol–water partition coefficient (Wildman–Crippen LogP) is 3.07. The molecule has 2 heterocycles. The molecule has 1 saturated carbocycles. The predicted molar refractivity (Wildman–Crippen MR) is 106 cm³/mol. The number of anilines is 1.